The molecule has 0 bridgehead atoms. The summed E-state index contributed by atoms with van der Waals surface area (Å²) in [6, 6.07) is 2.01. The lowest BCUT2D eigenvalue weighted by atomic mass is 10.1. The van der Waals surface area contributed by atoms with Gasteiger partial charge in [-0.3, -0.25) is 4.79 Å². The minimum atomic E-state index is 0.105. The zero-order valence-electron chi connectivity index (χ0n) is 8.49. The highest BCUT2D eigenvalue weighted by Crippen LogP contribution is 2.31. The van der Waals surface area contributed by atoms with Gasteiger partial charge in [-0.2, -0.15) is 0 Å². The van der Waals surface area contributed by atoms with Crippen LogP contribution in [0.25, 0.3) is 0 Å². The molecule has 2 heterocycles. The second-order valence-electron chi connectivity index (χ2n) is 3.74. The van der Waals surface area contributed by atoms with E-state index in [0.29, 0.717) is 0 Å². The maximum Gasteiger partial charge on any atom is 0.220 e. The molecule has 1 aromatic heterocycles. The molecule has 14 heavy (non-hydrogen) atoms. The van der Waals surface area contributed by atoms with Crippen LogP contribution in [0.5, 0.6) is 0 Å². The van der Waals surface area contributed by atoms with Crippen molar-refractivity contribution in [1.82, 2.24) is 10.1 Å². The Morgan fingerprint density at radius 3 is 3.07 bits per heavy atom. The molecule has 1 aliphatic heterocycles. The summed E-state index contributed by atoms with van der Waals surface area (Å²) in [5, 5.41) is 3.84. The highest BCUT2D eigenvalue weighted by Gasteiger charge is 2.30. The van der Waals surface area contributed by atoms with Gasteiger partial charge in [0.2, 0.25) is 5.91 Å². The molecule has 0 saturated carbocycles. The van der Waals surface area contributed by atoms with Crippen LogP contribution in [0, 0.1) is 6.92 Å². The molecule has 1 fully saturated rings. The number of aromatic nitrogens is 1. The summed E-state index contributed by atoms with van der Waals surface area (Å²) >= 11 is 0. The van der Waals surface area contributed by atoms with E-state index in [-0.39, 0.29) is 11.9 Å². The van der Waals surface area contributed by atoms with Gasteiger partial charge < -0.3 is 9.42 Å². The van der Waals surface area contributed by atoms with Crippen molar-refractivity contribution in [3.05, 3.63) is 17.5 Å². The molecule has 0 spiro atoms. The molecule has 0 aliphatic carbocycles. The second-order valence-corrected chi connectivity index (χ2v) is 3.74. The molecule has 0 N–H and O–H groups in total. The molecule has 1 aromatic rings. The van der Waals surface area contributed by atoms with Crippen molar-refractivity contribution >= 4 is 5.91 Å². The van der Waals surface area contributed by atoms with Crippen LogP contribution in [0.15, 0.2) is 10.6 Å². The summed E-state index contributed by atoms with van der Waals surface area (Å²) < 4.78 is 5.18. The molecular weight excluding hydrogens is 180 g/mol. The predicted molar refractivity (Wildman–Crippen MR) is 50.6 cm³/mol. The zero-order chi connectivity index (χ0) is 10.1. The van der Waals surface area contributed by atoms with Gasteiger partial charge in [-0.05, 0) is 19.8 Å². The van der Waals surface area contributed by atoms with E-state index in [0.717, 1.165) is 30.8 Å². The van der Waals surface area contributed by atoms with Gasteiger partial charge in [0.15, 0.2) is 5.76 Å². The Kier molecular flexibility index (Phi) is 2.27. The first kappa shape index (κ1) is 9.24. The zero-order valence-corrected chi connectivity index (χ0v) is 8.49. The molecule has 1 saturated heterocycles. The third kappa shape index (κ3) is 1.52. The number of hydrogen-bond acceptors (Lipinski definition) is 3. The third-order valence-electron chi connectivity index (χ3n) is 2.63. The van der Waals surface area contributed by atoms with Crippen LogP contribution in [0.1, 0.15) is 37.3 Å². The Labute approximate surface area is 82.9 Å². The fourth-order valence-corrected chi connectivity index (χ4v) is 1.98. The molecule has 0 radical (unpaired) electrons. The van der Waals surface area contributed by atoms with E-state index < -0.39 is 0 Å². The highest BCUT2D eigenvalue weighted by molar-refractivity contribution is 5.74. The first-order chi connectivity index (χ1) is 6.68. The van der Waals surface area contributed by atoms with E-state index in [1.165, 1.54) is 0 Å². The van der Waals surface area contributed by atoms with Crippen LogP contribution in [-0.4, -0.2) is 22.5 Å². The molecular formula is C10H14N2O2. The lowest BCUT2D eigenvalue weighted by Crippen LogP contribution is -2.27. The molecule has 1 aliphatic rings. The smallest absolute Gasteiger partial charge is 0.220 e. The summed E-state index contributed by atoms with van der Waals surface area (Å²) in [7, 11) is 0. The SMILES string of the molecule is CC(=O)N1CCCC1c1cc(C)no1. The van der Waals surface area contributed by atoms with Crippen molar-refractivity contribution < 1.29 is 9.32 Å². The minimum Gasteiger partial charge on any atom is -0.359 e. The number of nitrogens with zero attached hydrogens (tertiary/aromatic N) is 2. The van der Waals surface area contributed by atoms with E-state index in [1.807, 2.05) is 17.9 Å². The second kappa shape index (κ2) is 3.44. The lowest BCUT2D eigenvalue weighted by molar-refractivity contribution is -0.130. The number of carbonyl (C=O) groups is 1. The molecule has 76 valence electrons. The number of rotatable bonds is 1. The fraction of sp³-hybridized carbons (Fsp3) is 0.600. The van der Waals surface area contributed by atoms with Gasteiger partial charge in [0.1, 0.15) is 0 Å². The number of hydrogen-bond donors (Lipinski definition) is 0. The Bertz CT molecular complexity index is 346. The van der Waals surface area contributed by atoms with Crippen LogP contribution in [0.3, 0.4) is 0 Å². The summed E-state index contributed by atoms with van der Waals surface area (Å²) in [6.45, 7) is 4.32. The number of amides is 1. The Hall–Kier alpha value is -1.32. The number of likely N-dealkylation sites (tertiary alicyclic amines) is 1. The Balaban J connectivity index is 2.21. The normalized spacial score (nSPS) is 21.6. The summed E-state index contributed by atoms with van der Waals surface area (Å²) in [6.07, 6.45) is 2.03. The maximum absolute atomic E-state index is 11.3. The standard InChI is InChI=1S/C10H14N2O2/c1-7-6-10(14-11-7)9-4-3-5-12(9)8(2)13/h6,9H,3-5H2,1-2H3. The van der Waals surface area contributed by atoms with E-state index in [1.54, 1.807) is 6.92 Å². The van der Waals surface area contributed by atoms with Gasteiger partial charge in [0.05, 0.1) is 11.7 Å². The monoisotopic (exact) mass is 194 g/mol. The quantitative estimate of drug-likeness (QED) is 0.683. The lowest BCUT2D eigenvalue weighted by Gasteiger charge is -2.20. The van der Waals surface area contributed by atoms with E-state index in [2.05, 4.69) is 5.16 Å². The van der Waals surface area contributed by atoms with E-state index >= 15 is 0 Å². The highest BCUT2D eigenvalue weighted by atomic mass is 16.5. The summed E-state index contributed by atoms with van der Waals surface area (Å²) in [5.74, 6) is 0.928. The first-order valence-corrected chi connectivity index (χ1v) is 4.89. The molecule has 4 heteroatoms. The minimum absolute atomic E-state index is 0.105. The average Bonchev–Trinajstić information content (AvgIpc) is 2.70. The molecule has 0 aromatic carbocycles. The van der Waals surface area contributed by atoms with Crippen molar-refractivity contribution in [2.24, 2.45) is 0 Å². The molecule has 2 rings (SSSR count). The Morgan fingerprint density at radius 1 is 1.71 bits per heavy atom. The fourth-order valence-electron chi connectivity index (χ4n) is 1.98. The van der Waals surface area contributed by atoms with Crippen LogP contribution >= 0.6 is 0 Å². The number of aryl methyl sites for hydroxylation is 1. The summed E-state index contributed by atoms with van der Waals surface area (Å²) in [5.41, 5.74) is 0.871. The van der Waals surface area contributed by atoms with Gasteiger partial charge >= 0.3 is 0 Å². The predicted octanol–water partition coefficient (Wildman–Crippen LogP) is 1.67. The molecule has 1 amide bonds. The number of carbonyl (C=O) groups excluding carboxylic acids is 1. The van der Waals surface area contributed by atoms with Crippen molar-refractivity contribution in [2.75, 3.05) is 6.54 Å². The van der Waals surface area contributed by atoms with Gasteiger partial charge in [0.25, 0.3) is 0 Å². The van der Waals surface area contributed by atoms with Crippen LogP contribution < -0.4 is 0 Å². The van der Waals surface area contributed by atoms with Gasteiger partial charge in [0, 0.05) is 19.5 Å². The summed E-state index contributed by atoms with van der Waals surface area (Å²) in [4.78, 5) is 13.1. The molecule has 1 unspecified atom stereocenters. The van der Waals surface area contributed by atoms with Crippen molar-refractivity contribution in [1.29, 1.82) is 0 Å². The maximum atomic E-state index is 11.3. The molecule has 1 atom stereocenters. The van der Waals surface area contributed by atoms with Crippen molar-refractivity contribution in [2.45, 2.75) is 32.7 Å². The van der Waals surface area contributed by atoms with Crippen molar-refractivity contribution in [3.8, 4) is 0 Å². The van der Waals surface area contributed by atoms with Crippen molar-refractivity contribution in [3.63, 3.8) is 0 Å². The largest absolute Gasteiger partial charge is 0.359 e. The van der Waals surface area contributed by atoms with E-state index in [4.69, 9.17) is 4.52 Å². The van der Waals surface area contributed by atoms with Crippen LogP contribution in [0.4, 0.5) is 0 Å². The Morgan fingerprint density at radius 2 is 2.50 bits per heavy atom. The molecule has 4 nitrogen and oxygen atoms in total. The van der Waals surface area contributed by atoms with Crippen LogP contribution in [-0.2, 0) is 4.79 Å². The first-order valence-electron chi connectivity index (χ1n) is 4.89. The van der Waals surface area contributed by atoms with Gasteiger partial charge in [-0.15, -0.1) is 0 Å². The topological polar surface area (TPSA) is 46.3 Å². The van der Waals surface area contributed by atoms with Crippen LogP contribution in [0.2, 0.25) is 0 Å². The average molecular weight is 194 g/mol. The van der Waals surface area contributed by atoms with Gasteiger partial charge in [-0.1, -0.05) is 5.16 Å². The van der Waals surface area contributed by atoms with Gasteiger partial charge in [-0.25, -0.2) is 0 Å². The third-order valence-corrected chi connectivity index (χ3v) is 2.63. The van der Waals surface area contributed by atoms with E-state index in [9.17, 15) is 4.79 Å².